The van der Waals surface area contributed by atoms with Gasteiger partial charge in [-0.05, 0) is 6.92 Å². The Morgan fingerprint density at radius 3 is 2.07 bits per heavy atom. The van der Waals surface area contributed by atoms with Crippen LogP contribution in [0.1, 0.15) is 22.9 Å². The van der Waals surface area contributed by atoms with Crippen LogP contribution in [-0.2, 0) is 0 Å². The molecule has 1 aliphatic heterocycles. The first-order chi connectivity index (χ1) is 13.2. The molecule has 0 bridgehead atoms. The molecule has 4 rings (SSSR count). The fraction of sp³-hybridized carbons (Fsp3) is 0.286. The van der Waals surface area contributed by atoms with Crippen molar-refractivity contribution in [3.8, 4) is 0 Å². The number of aromatic nitrogens is 3. The Balaban J connectivity index is 1.57. The summed E-state index contributed by atoms with van der Waals surface area (Å²) in [5.74, 6) is 0.703. The lowest BCUT2D eigenvalue weighted by Gasteiger charge is -2.37. The minimum absolute atomic E-state index is 0.306. The molecule has 2 N–H and O–H groups in total. The normalized spacial score (nSPS) is 15.3. The standard InChI is InChI=1S/C21H23N5O/c1-16-20(22-21(27)24-23-16)26-14-12-25(13-15-26)19(17-8-4-2-5-9-17)18-10-6-3-7-11-18/h2-11,19H,12-15H2,1H3,(H,22,24,27)/p+1. The molecule has 27 heavy (non-hydrogen) atoms. The first kappa shape index (κ1) is 17.4. The van der Waals surface area contributed by atoms with Crippen LogP contribution in [0.15, 0.2) is 65.5 Å². The third-order valence-corrected chi connectivity index (χ3v) is 5.23. The van der Waals surface area contributed by atoms with E-state index < -0.39 is 5.69 Å². The number of anilines is 1. The molecule has 0 saturated carbocycles. The molecule has 1 saturated heterocycles. The largest absolute Gasteiger partial charge is 0.363 e. The van der Waals surface area contributed by atoms with Gasteiger partial charge >= 0.3 is 5.69 Å². The maximum atomic E-state index is 11.6. The maximum absolute atomic E-state index is 11.6. The highest BCUT2D eigenvalue weighted by Gasteiger charge is 2.30. The number of aryl methyl sites for hydroxylation is 1. The molecule has 2 aromatic carbocycles. The molecule has 0 radical (unpaired) electrons. The Labute approximate surface area is 158 Å². The summed E-state index contributed by atoms with van der Waals surface area (Å²) in [4.78, 5) is 19.4. The van der Waals surface area contributed by atoms with E-state index in [9.17, 15) is 4.79 Å². The molecule has 1 fully saturated rings. The van der Waals surface area contributed by atoms with Crippen LogP contribution >= 0.6 is 0 Å². The molecular formula is C21H24N5O+. The van der Waals surface area contributed by atoms with Gasteiger partial charge in [0.2, 0.25) is 0 Å². The van der Waals surface area contributed by atoms with Crippen LogP contribution in [0, 0.1) is 6.92 Å². The third-order valence-electron chi connectivity index (χ3n) is 5.23. The number of hydrogen-bond donors (Lipinski definition) is 2. The van der Waals surface area contributed by atoms with Crippen molar-refractivity contribution in [3.63, 3.8) is 0 Å². The fourth-order valence-corrected chi connectivity index (χ4v) is 3.93. The van der Waals surface area contributed by atoms with E-state index >= 15 is 0 Å². The number of aromatic amines is 1. The highest BCUT2D eigenvalue weighted by molar-refractivity contribution is 5.41. The van der Waals surface area contributed by atoms with Gasteiger partial charge in [0.1, 0.15) is 11.7 Å². The molecule has 1 aliphatic rings. The van der Waals surface area contributed by atoms with E-state index in [0.717, 1.165) is 31.9 Å². The van der Waals surface area contributed by atoms with Gasteiger partial charge in [-0.25, -0.2) is 9.89 Å². The maximum Gasteiger partial charge on any atom is 0.363 e. The van der Waals surface area contributed by atoms with Gasteiger partial charge in [0, 0.05) is 11.1 Å². The molecule has 2 heterocycles. The zero-order valence-corrected chi connectivity index (χ0v) is 15.4. The van der Waals surface area contributed by atoms with Crippen molar-refractivity contribution in [1.82, 2.24) is 15.2 Å². The molecule has 0 atom stereocenters. The fourth-order valence-electron chi connectivity index (χ4n) is 3.93. The Hall–Kier alpha value is -2.99. The predicted octanol–water partition coefficient (Wildman–Crippen LogP) is 0.968. The molecule has 0 spiro atoms. The molecule has 1 aromatic heterocycles. The lowest BCUT2D eigenvalue weighted by Crippen LogP contribution is -3.15. The summed E-state index contributed by atoms with van der Waals surface area (Å²) in [6.45, 7) is 5.54. The van der Waals surface area contributed by atoms with Crippen molar-refractivity contribution < 1.29 is 4.90 Å². The van der Waals surface area contributed by atoms with Crippen molar-refractivity contribution in [1.29, 1.82) is 0 Å². The van der Waals surface area contributed by atoms with Crippen LogP contribution in [-0.4, -0.2) is 41.4 Å². The number of nitrogens with zero attached hydrogens (tertiary/aromatic N) is 3. The first-order valence-electron chi connectivity index (χ1n) is 9.35. The van der Waals surface area contributed by atoms with Crippen molar-refractivity contribution >= 4 is 5.82 Å². The molecule has 6 nitrogen and oxygen atoms in total. The van der Waals surface area contributed by atoms with E-state index in [2.05, 4.69) is 80.7 Å². The Bertz CT molecular complexity index is 894. The summed E-state index contributed by atoms with van der Waals surface area (Å²) in [7, 11) is 0. The van der Waals surface area contributed by atoms with Crippen LogP contribution in [0.25, 0.3) is 0 Å². The monoisotopic (exact) mass is 362 g/mol. The molecule has 0 unspecified atom stereocenters. The Morgan fingerprint density at radius 1 is 0.963 bits per heavy atom. The summed E-state index contributed by atoms with van der Waals surface area (Å²) in [5.41, 5.74) is 3.04. The second kappa shape index (κ2) is 7.72. The lowest BCUT2D eigenvalue weighted by atomic mass is 9.96. The summed E-state index contributed by atoms with van der Waals surface area (Å²) >= 11 is 0. The van der Waals surface area contributed by atoms with E-state index in [4.69, 9.17) is 0 Å². The van der Waals surface area contributed by atoms with E-state index in [1.165, 1.54) is 16.0 Å². The smallest absolute Gasteiger partial charge is 0.344 e. The lowest BCUT2D eigenvalue weighted by molar-refractivity contribution is -0.926. The number of quaternary nitrogens is 1. The Kier molecular flexibility index (Phi) is 4.98. The minimum Gasteiger partial charge on any atom is -0.344 e. The van der Waals surface area contributed by atoms with Crippen LogP contribution < -0.4 is 15.5 Å². The number of rotatable bonds is 4. The average molecular weight is 362 g/mol. The molecule has 138 valence electrons. The quantitative estimate of drug-likeness (QED) is 0.726. The molecule has 0 amide bonds. The van der Waals surface area contributed by atoms with Crippen molar-refractivity contribution in [2.75, 3.05) is 31.1 Å². The average Bonchev–Trinajstić information content (AvgIpc) is 2.72. The van der Waals surface area contributed by atoms with Gasteiger partial charge in [-0.1, -0.05) is 60.7 Å². The van der Waals surface area contributed by atoms with Gasteiger partial charge in [-0.15, -0.1) is 0 Å². The van der Waals surface area contributed by atoms with E-state index in [0.29, 0.717) is 11.9 Å². The van der Waals surface area contributed by atoms with Gasteiger partial charge in [-0.2, -0.15) is 10.1 Å². The van der Waals surface area contributed by atoms with Crippen molar-refractivity contribution in [2.45, 2.75) is 13.0 Å². The van der Waals surface area contributed by atoms with E-state index in [1.54, 1.807) is 0 Å². The van der Waals surface area contributed by atoms with Gasteiger partial charge in [0.15, 0.2) is 5.82 Å². The summed E-state index contributed by atoms with van der Waals surface area (Å²) in [6.07, 6.45) is 0. The number of benzene rings is 2. The van der Waals surface area contributed by atoms with Gasteiger partial charge < -0.3 is 9.80 Å². The SMILES string of the molecule is Cc1n[nH]c(=O)nc1N1CC[NH+](C(c2ccccc2)c2ccccc2)CC1. The van der Waals surface area contributed by atoms with Gasteiger partial charge in [-0.3, -0.25) is 0 Å². The second-order valence-electron chi connectivity index (χ2n) is 6.95. The van der Waals surface area contributed by atoms with Gasteiger partial charge in [0.25, 0.3) is 0 Å². The van der Waals surface area contributed by atoms with Crippen LogP contribution in [0.5, 0.6) is 0 Å². The minimum atomic E-state index is -0.392. The highest BCUT2D eigenvalue weighted by Crippen LogP contribution is 2.20. The molecular weight excluding hydrogens is 338 g/mol. The number of piperazine rings is 1. The second-order valence-corrected chi connectivity index (χ2v) is 6.95. The van der Waals surface area contributed by atoms with Crippen LogP contribution in [0.4, 0.5) is 5.82 Å². The number of nitrogens with one attached hydrogen (secondary N) is 2. The number of H-pyrrole nitrogens is 1. The predicted molar refractivity (Wildman–Crippen MR) is 105 cm³/mol. The van der Waals surface area contributed by atoms with Crippen LogP contribution in [0.2, 0.25) is 0 Å². The summed E-state index contributed by atoms with van der Waals surface area (Å²) in [5, 5.41) is 6.46. The molecule has 6 heteroatoms. The van der Waals surface area contributed by atoms with E-state index in [-0.39, 0.29) is 0 Å². The zero-order chi connectivity index (χ0) is 18.6. The van der Waals surface area contributed by atoms with Crippen molar-refractivity contribution in [3.05, 3.63) is 88.0 Å². The third kappa shape index (κ3) is 3.75. The van der Waals surface area contributed by atoms with Crippen molar-refractivity contribution in [2.24, 2.45) is 0 Å². The first-order valence-corrected chi connectivity index (χ1v) is 9.35. The summed E-state index contributed by atoms with van der Waals surface area (Å²) in [6, 6.07) is 21.7. The number of hydrogen-bond acceptors (Lipinski definition) is 4. The van der Waals surface area contributed by atoms with Gasteiger partial charge in [0.05, 0.1) is 26.2 Å². The highest BCUT2D eigenvalue weighted by atomic mass is 16.1. The topological polar surface area (TPSA) is 66.3 Å². The molecule has 3 aromatic rings. The Morgan fingerprint density at radius 2 is 1.52 bits per heavy atom. The zero-order valence-electron chi connectivity index (χ0n) is 15.4. The molecule has 0 aliphatic carbocycles. The van der Waals surface area contributed by atoms with Crippen LogP contribution in [0.3, 0.4) is 0 Å². The van der Waals surface area contributed by atoms with E-state index in [1.807, 2.05) is 6.92 Å². The summed E-state index contributed by atoms with van der Waals surface area (Å²) < 4.78 is 0.